The molecule has 0 amide bonds. The van der Waals surface area contributed by atoms with Crippen LogP contribution in [0.3, 0.4) is 0 Å². The second kappa shape index (κ2) is 9.83. The molecule has 1 aliphatic rings. The van der Waals surface area contributed by atoms with Crippen molar-refractivity contribution in [3.63, 3.8) is 0 Å². The van der Waals surface area contributed by atoms with Gasteiger partial charge in [-0.15, -0.1) is 11.3 Å². The number of benzene rings is 2. The van der Waals surface area contributed by atoms with Crippen LogP contribution in [0.5, 0.6) is 0 Å². The Balaban J connectivity index is 1.43. The van der Waals surface area contributed by atoms with E-state index in [0.717, 1.165) is 25.0 Å². The Morgan fingerprint density at radius 1 is 1.03 bits per heavy atom. The van der Waals surface area contributed by atoms with Gasteiger partial charge in [-0.2, -0.15) is 0 Å². The van der Waals surface area contributed by atoms with Crippen LogP contribution in [0.1, 0.15) is 22.7 Å². The molecule has 1 saturated heterocycles. The molecule has 0 spiro atoms. The molecule has 170 valence electrons. The van der Waals surface area contributed by atoms with Crippen LogP contribution < -0.4 is 10.2 Å². The third-order valence-corrected chi connectivity index (χ3v) is 8.41. The summed E-state index contributed by atoms with van der Waals surface area (Å²) < 4.78 is 1.06. The van der Waals surface area contributed by atoms with E-state index in [2.05, 4.69) is 55.4 Å². The standard InChI is InChI=1S/C24H17BrN4O2S3/c25-21-13-12-20(34-21)23-22(19-3-1-2-14-26-19)27-24(32)28(23)15-4-8-17(9-5-15)33-18-10-6-16(7-11-18)29(30)31/h1-14,22-23H,(H,27,32)/t22-,23+/m0/s1. The van der Waals surface area contributed by atoms with Gasteiger partial charge in [-0.05, 0) is 88.8 Å². The number of hydrogen-bond acceptors (Lipinski definition) is 6. The lowest BCUT2D eigenvalue weighted by atomic mass is 10.0. The Morgan fingerprint density at radius 2 is 1.74 bits per heavy atom. The number of halogens is 1. The van der Waals surface area contributed by atoms with Gasteiger partial charge in [0.25, 0.3) is 5.69 Å². The highest BCUT2D eigenvalue weighted by molar-refractivity contribution is 9.11. The molecule has 4 aromatic rings. The number of rotatable bonds is 6. The van der Waals surface area contributed by atoms with Gasteiger partial charge in [0.2, 0.25) is 0 Å². The number of nitro benzene ring substituents is 1. The first-order valence-corrected chi connectivity index (χ1v) is 13.1. The first-order valence-electron chi connectivity index (χ1n) is 10.3. The molecule has 34 heavy (non-hydrogen) atoms. The number of anilines is 1. The average Bonchev–Trinajstić information content (AvgIpc) is 3.43. The van der Waals surface area contributed by atoms with Crippen molar-refractivity contribution in [2.75, 3.05) is 4.90 Å². The number of non-ortho nitro benzene ring substituents is 1. The van der Waals surface area contributed by atoms with E-state index in [1.165, 1.54) is 17.0 Å². The summed E-state index contributed by atoms with van der Waals surface area (Å²) in [5.41, 5.74) is 2.01. The van der Waals surface area contributed by atoms with E-state index in [-0.39, 0.29) is 17.8 Å². The van der Waals surface area contributed by atoms with Gasteiger partial charge in [0.15, 0.2) is 5.11 Å². The predicted octanol–water partition coefficient (Wildman–Crippen LogP) is 7.14. The number of thiocarbonyl (C=S) groups is 1. The van der Waals surface area contributed by atoms with Crippen molar-refractivity contribution in [1.82, 2.24) is 10.3 Å². The third-order valence-electron chi connectivity index (χ3n) is 5.38. The summed E-state index contributed by atoms with van der Waals surface area (Å²) in [6.07, 6.45) is 1.80. The molecule has 2 aromatic carbocycles. The molecule has 1 N–H and O–H groups in total. The van der Waals surface area contributed by atoms with Crippen molar-refractivity contribution in [3.05, 3.63) is 110 Å². The Morgan fingerprint density at radius 3 is 2.32 bits per heavy atom. The number of aromatic nitrogens is 1. The van der Waals surface area contributed by atoms with Gasteiger partial charge < -0.3 is 10.2 Å². The topological polar surface area (TPSA) is 71.3 Å². The minimum Gasteiger partial charge on any atom is -0.351 e. The molecule has 6 nitrogen and oxygen atoms in total. The molecule has 0 saturated carbocycles. The summed E-state index contributed by atoms with van der Waals surface area (Å²) >= 11 is 12.6. The smallest absolute Gasteiger partial charge is 0.269 e. The zero-order chi connectivity index (χ0) is 23.7. The minimum absolute atomic E-state index is 0.0353. The monoisotopic (exact) mass is 568 g/mol. The molecule has 2 atom stereocenters. The fraction of sp³-hybridized carbons (Fsp3) is 0.0833. The Labute approximate surface area is 218 Å². The van der Waals surface area contributed by atoms with Crippen LogP contribution in [-0.4, -0.2) is 15.0 Å². The Hall–Kier alpha value is -2.79. The van der Waals surface area contributed by atoms with Crippen molar-refractivity contribution >= 4 is 67.7 Å². The number of nitrogens with zero attached hydrogens (tertiary/aromatic N) is 3. The highest BCUT2D eigenvalue weighted by atomic mass is 79.9. The summed E-state index contributed by atoms with van der Waals surface area (Å²) in [5.74, 6) is 0. The van der Waals surface area contributed by atoms with Gasteiger partial charge in [0.1, 0.15) is 0 Å². The minimum atomic E-state index is -0.392. The van der Waals surface area contributed by atoms with Crippen molar-refractivity contribution in [2.45, 2.75) is 21.9 Å². The molecule has 5 rings (SSSR count). The molecule has 1 fully saturated rings. The maximum atomic E-state index is 10.9. The van der Waals surface area contributed by atoms with Crippen molar-refractivity contribution in [2.24, 2.45) is 0 Å². The van der Waals surface area contributed by atoms with Crippen molar-refractivity contribution < 1.29 is 4.92 Å². The molecular formula is C24H17BrN4O2S3. The average molecular weight is 570 g/mol. The maximum Gasteiger partial charge on any atom is 0.269 e. The first kappa shape index (κ1) is 23.0. The molecule has 2 aromatic heterocycles. The molecule has 0 radical (unpaired) electrons. The SMILES string of the molecule is O=[N+]([O-])c1ccc(Sc2ccc(N3C(=S)N[C@@H](c4ccccn4)[C@H]3c3ccc(Br)s3)cc2)cc1. The van der Waals surface area contributed by atoms with Crippen LogP contribution >= 0.6 is 51.2 Å². The van der Waals surface area contributed by atoms with E-state index in [4.69, 9.17) is 12.2 Å². The first-order chi connectivity index (χ1) is 16.5. The zero-order valence-electron chi connectivity index (χ0n) is 17.5. The van der Waals surface area contributed by atoms with Crippen molar-refractivity contribution in [3.8, 4) is 0 Å². The molecule has 0 aliphatic carbocycles. The lowest BCUT2D eigenvalue weighted by molar-refractivity contribution is -0.384. The van der Waals surface area contributed by atoms with E-state index in [1.807, 2.05) is 30.3 Å². The molecular weight excluding hydrogens is 552 g/mol. The van der Waals surface area contributed by atoms with Gasteiger partial charge in [0.05, 0.1) is 26.5 Å². The van der Waals surface area contributed by atoms with Gasteiger partial charge in [0, 0.05) is 38.7 Å². The maximum absolute atomic E-state index is 10.9. The summed E-state index contributed by atoms with van der Waals surface area (Å²) in [7, 11) is 0. The van der Waals surface area contributed by atoms with Gasteiger partial charge in [-0.1, -0.05) is 17.8 Å². The lowest BCUT2D eigenvalue weighted by Gasteiger charge is -2.27. The summed E-state index contributed by atoms with van der Waals surface area (Å²) in [4.78, 5) is 20.4. The molecule has 0 bridgehead atoms. The quantitative estimate of drug-likeness (QED) is 0.150. The molecule has 1 aliphatic heterocycles. The van der Waals surface area contributed by atoms with Gasteiger partial charge in [-0.3, -0.25) is 15.1 Å². The predicted molar refractivity (Wildman–Crippen MR) is 144 cm³/mol. The lowest BCUT2D eigenvalue weighted by Crippen LogP contribution is -2.29. The summed E-state index contributed by atoms with van der Waals surface area (Å²) in [5, 5.41) is 15.0. The van der Waals surface area contributed by atoms with Crippen LogP contribution in [0.4, 0.5) is 11.4 Å². The highest BCUT2D eigenvalue weighted by Crippen LogP contribution is 2.44. The van der Waals surface area contributed by atoms with Gasteiger partial charge >= 0.3 is 0 Å². The van der Waals surface area contributed by atoms with E-state index in [0.29, 0.717) is 5.11 Å². The number of nitrogens with one attached hydrogen (secondary N) is 1. The summed E-state index contributed by atoms with van der Waals surface area (Å²) in [6, 6.07) is 24.7. The van der Waals surface area contributed by atoms with Crippen molar-refractivity contribution in [1.29, 1.82) is 0 Å². The van der Waals surface area contributed by atoms with Crippen LogP contribution in [-0.2, 0) is 0 Å². The summed E-state index contributed by atoms with van der Waals surface area (Å²) in [6.45, 7) is 0. The largest absolute Gasteiger partial charge is 0.351 e. The van der Waals surface area contributed by atoms with Crippen LogP contribution in [0.15, 0.2) is 98.6 Å². The molecule has 3 heterocycles. The van der Waals surface area contributed by atoms with E-state index in [9.17, 15) is 10.1 Å². The number of nitro groups is 1. The van der Waals surface area contributed by atoms with Gasteiger partial charge in [-0.25, -0.2) is 0 Å². The van der Waals surface area contributed by atoms with Crippen LogP contribution in [0.2, 0.25) is 0 Å². The van der Waals surface area contributed by atoms with E-state index in [1.54, 1.807) is 41.4 Å². The number of hydrogen-bond donors (Lipinski definition) is 1. The van der Waals surface area contributed by atoms with Crippen LogP contribution in [0, 0.1) is 10.1 Å². The fourth-order valence-electron chi connectivity index (χ4n) is 3.86. The Bertz CT molecular complexity index is 1330. The Kier molecular flexibility index (Phi) is 6.64. The fourth-order valence-corrected chi connectivity index (χ4v) is 6.57. The van der Waals surface area contributed by atoms with Crippen LogP contribution in [0.25, 0.3) is 0 Å². The number of thiophene rings is 1. The second-order valence-electron chi connectivity index (χ2n) is 7.49. The molecule has 10 heteroatoms. The normalized spacial score (nSPS) is 17.6. The zero-order valence-corrected chi connectivity index (χ0v) is 21.5. The van der Waals surface area contributed by atoms with E-state index < -0.39 is 4.92 Å². The number of pyridine rings is 1. The third kappa shape index (κ3) is 4.72. The second-order valence-corrected chi connectivity index (χ2v) is 11.5. The highest BCUT2D eigenvalue weighted by Gasteiger charge is 2.41. The van der Waals surface area contributed by atoms with E-state index >= 15 is 0 Å². The molecule has 0 unspecified atom stereocenters.